The van der Waals surface area contributed by atoms with Crippen LogP contribution >= 0.6 is 0 Å². The van der Waals surface area contributed by atoms with Crippen LogP contribution in [0.4, 0.5) is 0 Å². The summed E-state index contributed by atoms with van der Waals surface area (Å²) >= 11 is 0. The summed E-state index contributed by atoms with van der Waals surface area (Å²) in [7, 11) is 3.13. The summed E-state index contributed by atoms with van der Waals surface area (Å²) in [5.74, 6) is 0.713. The number of benzene rings is 1. The van der Waals surface area contributed by atoms with Gasteiger partial charge >= 0.3 is 6.01 Å². The van der Waals surface area contributed by atoms with Crippen molar-refractivity contribution in [3.05, 3.63) is 24.4 Å². The van der Waals surface area contributed by atoms with E-state index in [1.807, 2.05) is 18.2 Å². The summed E-state index contributed by atoms with van der Waals surface area (Å²) in [4.78, 5) is 8.05. The first-order valence-electron chi connectivity index (χ1n) is 4.11. The van der Waals surface area contributed by atoms with E-state index in [1.165, 1.54) is 7.11 Å². The molecule has 0 spiro atoms. The lowest BCUT2D eigenvalue weighted by molar-refractivity contribution is 0.381. The number of methoxy groups -OCH3 is 2. The molecule has 0 saturated carbocycles. The van der Waals surface area contributed by atoms with Gasteiger partial charge < -0.3 is 9.47 Å². The molecule has 0 atom stereocenters. The van der Waals surface area contributed by atoms with Gasteiger partial charge in [0.25, 0.3) is 0 Å². The molecule has 2 aromatic rings. The van der Waals surface area contributed by atoms with Crippen LogP contribution in [0.15, 0.2) is 18.2 Å². The van der Waals surface area contributed by atoms with Gasteiger partial charge in [-0.3, -0.25) is 0 Å². The van der Waals surface area contributed by atoms with Gasteiger partial charge in [-0.1, -0.05) is 6.07 Å². The molecular weight excluding hydrogens is 180 g/mol. The largest absolute Gasteiger partial charge is 0.496 e. The SMILES string of the molecule is COc1n[c]c2c(OC)cccc2n1. The first-order valence-corrected chi connectivity index (χ1v) is 4.11. The van der Waals surface area contributed by atoms with Crippen LogP contribution < -0.4 is 9.47 Å². The van der Waals surface area contributed by atoms with E-state index in [4.69, 9.17) is 9.47 Å². The van der Waals surface area contributed by atoms with E-state index in [1.54, 1.807) is 7.11 Å². The first-order chi connectivity index (χ1) is 6.85. The van der Waals surface area contributed by atoms with E-state index in [2.05, 4.69) is 16.2 Å². The van der Waals surface area contributed by atoms with Crippen molar-refractivity contribution in [3.8, 4) is 11.8 Å². The van der Waals surface area contributed by atoms with Gasteiger partial charge in [-0.15, -0.1) is 0 Å². The number of ether oxygens (including phenoxy) is 2. The lowest BCUT2D eigenvalue weighted by atomic mass is 10.2. The number of hydrogen-bond acceptors (Lipinski definition) is 4. The van der Waals surface area contributed by atoms with E-state index in [0.717, 1.165) is 10.9 Å². The van der Waals surface area contributed by atoms with Crippen LogP contribution in [0.3, 0.4) is 0 Å². The molecule has 0 saturated heterocycles. The molecule has 2 rings (SSSR count). The number of nitrogens with zero attached hydrogens (tertiary/aromatic N) is 2. The van der Waals surface area contributed by atoms with Crippen LogP contribution in [-0.4, -0.2) is 24.2 Å². The molecule has 71 valence electrons. The minimum Gasteiger partial charge on any atom is -0.496 e. The molecule has 0 aliphatic carbocycles. The number of fused-ring (bicyclic) bond motifs is 1. The monoisotopic (exact) mass is 189 g/mol. The third kappa shape index (κ3) is 1.35. The second-order valence-electron chi connectivity index (χ2n) is 2.68. The Kier molecular flexibility index (Phi) is 2.18. The molecule has 0 fully saturated rings. The van der Waals surface area contributed by atoms with Gasteiger partial charge in [0.05, 0.1) is 25.1 Å². The van der Waals surface area contributed by atoms with Crippen molar-refractivity contribution in [3.63, 3.8) is 0 Å². The molecule has 0 aliphatic heterocycles. The Balaban J connectivity index is 2.67. The van der Waals surface area contributed by atoms with Gasteiger partial charge in [0.15, 0.2) is 0 Å². The zero-order valence-electron chi connectivity index (χ0n) is 7.94. The van der Waals surface area contributed by atoms with Crippen molar-refractivity contribution in [2.75, 3.05) is 14.2 Å². The molecule has 0 unspecified atom stereocenters. The normalized spacial score (nSPS) is 10.1. The highest BCUT2D eigenvalue weighted by molar-refractivity contribution is 5.83. The Morgan fingerprint density at radius 1 is 1.21 bits per heavy atom. The fraction of sp³-hybridized carbons (Fsp3) is 0.200. The van der Waals surface area contributed by atoms with Crippen molar-refractivity contribution in [2.24, 2.45) is 0 Å². The van der Waals surface area contributed by atoms with E-state index in [-0.39, 0.29) is 0 Å². The average Bonchev–Trinajstić information content (AvgIpc) is 2.27. The molecule has 4 nitrogen and oxygen atoms in total. The standard InChI is InChI=1S/C10H9N2O2/c1-13-9-5-3-4-8-7(9)6-11-10(12-8)14-2/h3-5H,1-2H3. The maximum Gasteiger partial charge on any atom is 0.317 e. The van der Waals surface area contributed by atoms with Gasteiger partial charge in [-0.25, -0.2) is 0 Å². The molecule has 0 aliphatic rings. The van der Waals surface area contributed by atoms with Gasteiger partial charge in [-0.2, -0.15) is 9.97 Å². The second-order valence-corrected chi connectivity index (χ2v) is 2.68. The molecule has 1 aromatic carbocycles. The Labute approximate surface area is 81.5 Å². The van der Waals surface area contributed by atoms with Crippen LogP contribution in [0.5, 0.6) is 11.8 Å². The fourth-order valence-corrected chi connectivity index (χ4v) is 1.22. The highest BCUT2D eigenvalue weighted by Gasteiger charge is 2.04. The van der Waals surface area contributed by atoms with E-state index in [9.17, 15) is 0 Å². The highest BCUT2D eigenvalue weighted by Crippen LogP contribution is 2.23. The summed E-state index contributed by atoms with van der Waals surface area (Å²) in [6, 6.07) is 5.88. The van der Waals surface area contributed by atoms with Crippen molar-refractivity contribution in [2.45, 2.75) is 0 Å². The van der Waals surface area contributed by atoms with Crippen molar-refractivity contribution in [1.82, 2.24) is 9.97 Å². The Morgan fingerprint density at radius 3 is 2.79 bits per heavy atom. The lowest BCUT2D eigenvalue weighted by Gasteiger charge is -2.04. The zero-order valence-corrected chi connectivity index (χ0v) is 7.94. The van der Waals surface area contributed by atoms with Gasteiger partial charge in [0.1, 0.15) is 11.9 Å². The summed E-state index contributed by atoms with van der Waals surface area (Å²) < 4.78 is 10.1. The van der Waals surface area contributed by atoms with Crippen LogP contribution in [0.2, 0.25) is 0 Å². The zero-order chi connectivity index (χ0) is 9.97. The summed E-state index contributed by atoms with van der Waals surface area (Å²) in [6.07, 6.45) is 2.83. The van der Waals surface area contributed by atoms with Crippen LogP contribution in [0.25, 0.3) is 10.9 Å². The highest BCUT2D eigenvalue weighted by atomic mass is 16.5. The molecule has 4 heteroatoms. The molecule has 14 heavy (non-hydrogen) atoms. The third-order valence-corrected chi connectivity index (χ3v) is 1.89. The van der Waals surface area contributed by atoms with Crippen molar-refractivity contribution < 1.29 is 9.47 Å². The minimum atomic E-state index is 0.311. The minimum absolute atomic E-state index is 0.311. The van der Waals surface area contributed by atoms with E-state index in [0.29, 0.717) is 11.8 Å². The fourth-order valence-electron chi connectivity index (χ4n) is 1.22. The predicted octanol–water partition coefficient (Wildman–Crippen LogP) is 1.45. The molecule has 0 amide bonds. The first kappa shape index (κ1) is 8.74. The number of hydrogen-bond donors (Lipinski definition) is 0. The number of aromatic nitrogens is 2. The summed E-state index contributed by atoms with van der Waals surface area (Å²) in [5.41, 5.74) is 0.760. The van der Waals surface area contributed by atoms with Crippen LogP contribution in [0.1, 0.15) is 0 Å². The third-order valence-electron chi connectivity index (χ3n) is 1.89. The smallest absolute Gasteiger partial charge is 0.317 e. The maximum atomic E-state index is 5.15. The van der Waals surface area contributed by atoms with E-state index < -0.39 is 0 Å². The molecule has 1 radical (unpaired) electrons. The van der Waals surface area contributed by atoms with Gasteiger partial charge in [0.2, 0.25) is 0 Å². The van der Waals surface area contributed by atoms with Crippen LogP contribution in [-0.2, 0) is 0 Å². The molecule has 1 heterocycles. The quantitative estimate of drug-likeness (QED) is 0.717. The molecule has 0 N–H and O–H groups in total. The topological polar surface area (TPSA) is 44.2 Å². The van der Waals surface area contributed by atoms with E-state index >= 15 is 0 Å². The molecular formula is C10H9N2O2. The van der Waals surface area contributed by atoms with Gasteiger partial charge in [0, 0.05) is 0 Å². The Bertz CT molecular complexity index is 457. The Hall–Kier alpha value is -1.84. The van der Waals surface area contributed by atoms with Crippen LogP contribution in [0, 0.1) is 6.20 Å². The predicted molar refractivity (Wildman–Crippen MR) is 51.5 cm³/mol. The van der Waals surface area contributed by atoms with Gasteiger partial charge in [-0.05, 0) is 12.1 Å². The molecule has 0 bridgehead atoms. The second kappa shape index (κ2) is 3.49. The van der Waals surface area contributed by atoms with Crippen molar-refractivity contribution in [1.29, 1.82) is 0 Å². The average molecular weight is 189 g/mol. The summed E-state index contributed by atoms with van der Waals surface area (Å²) in [6.45, 7) is 0. The number of rotatable bonds is 2. The summed E-state index contributed by atoms with van der Waals surface area (Å²) in [5, 5.41) is 0.760. The van der Waals surface area contributed by atoms with Crippen molar-refractivity contribution >= 4 is 10.9 Å². The lowest BCUT2D eigenvalue weighted by Crippen LogP contribution is -1.93. The maximum absolute atomic E-state index is 5.15. The Morgan fingerprint density at radius 2 is 2.07 bits per heavy atom. The molecule has 1 aromatic heterocycles.